The second-order valence-electron chi connectivity index (χ2n) is 6.76. The first-order valence-corrected chi connectivity index (χ1v) is 8.75. The van der Waals surface area contributed by atoms with Crippen molar-refractivity contribution in [1.82, 2.24) is 5.32 Å². The van der Waals surface area contributed by atoms with E-state index in [0.29, 0.717) is 6.42 Å². The lowest BCUT2D eigenvalue weighted by Gasteiger charge is -2.27. The van der Waals surface area contributed by atoms with Gasteiger partial charge in [-0.05, 0) is 54.5 Å². The fourth-order valence-corrected chi connectivity index (χ4v) is 3.45. The number of benzene rings is 2. The van der Waals surface area contributed by atoms with Crippen LogP contribution < -0.4 is 5.32 Å². The van der Waals surface area contributed by atoms with E-state index >= 15 is 0 Å². The third-order valence-corrected chi connectivity index (χ3v) is 4.88. The summed E-state index contributed by atoms with van der Waals surface area (Å²) in [4.78, 5) is 23.5. The van der Waals surface area contributed by atoms with Gasteiger partial charge in [0.15, 0.2) is 0 Å². The molecule has 0 fully saturated rings. The quantitative estimate of drug-likeness (QED) is 0.873. The van der Waals surface area contributed by atoms with Crippen LogP contribution in [0.4, 0.5) is 0 Å². The van der Waals surface area contributed by atoms with E-state index in [0.717, 1.165) is 24.8 Å². The zero-order valence-electron chi connectivity index (χ0n) is 14.4. The Labute approximate surface area is 147 Å². The number of rotatable bonds is 5. The number of carboxylic acid groups (broad SMARTS) is 1. The first kappa shape index (κ1) is 17.2. The molecule has 4 heteroatoms. The molecule has 0 spiro atoms. The van der Waals surface area contributed by atoms with Crippen molar-refractivity contribution in [2.75, 3.05) is 0 Å². The SMILES string of the molecule is C[C@@H](Cc1ccc(C(=O)O)cc1)C(=O)N[C@@H]1CCCc2ccccc21. The predicted octanol–water partition coefficient (Wildman–Crippen LogP) is 3.76. The molecule has 2 aromatic rings. The number of carboxylic acids is 1. The Morgan fingerprint density at radius 2 is 1.88 bits per heavy atom. The molecule has 0 heterocycles. The van der Waals surface area contributed by atoms with Crippen LogP contribution in [0, 0.1) is 5.92 Å². The number of carbonyl (C=O) groups excluding carboxylic acids is 1. The van der Waals surface area contributed by atoms with Crippen molar-refractivity contribution in [3.05, 3.63) is 70.8 Å². The summed E-state index contributed by atoms with van der Waals surface area (Å²) in [6.07, 6.45) is 3.74. The first-order valence-electron chi connectivity index (χ1n) is 8.75. The highest BCUT2D eigenvalue weighted by Gasteiger charge is 2.23. The molecule has 130 valence electrons. The normalized spacial score (nSPS) is 17.4. The zero-order valence-corrected chi connectivity index (χ0v) is 14.4. The van der Waals surface area contributed by atoms with Gasteiger partial charge in [0.05, 0.1) is 11.6 Å². The molecule has 2 N–H and O–H groups in total. The van der Waals surface area contributed by atoms with Gasteiger partial charge in [-0.1, -0.05) is 43.3 Å². The molecule has 0 unspecified atom stereocenters. The lowest BCUT2D eigenvalue weighted by molar-refractivity contribution is -0.125. The summed E-state index contributed by atoms with van der Waals surface area (Å²) in [6.45, 7) is 1.91. The Balaban J connectivity index is 1.62. The molecule has 0 bridgehead atoms. The topological polar surface area (TPSA) is 66.4 Å². The molecule has 1 aliphatic rings. The fraction of sp³-hybridized carbons (Fsp3) is 0.333. The average Bonchev–Trinajstić information content (AvgIpc) is 2.62. The minimum Gasteiger partial charge on any atom is -0.478 e. The second-order valence-corrected chi connectivity index (χ2v) is 6.76. The number of nitrogens with one attached hydrogen (secondary N) is 1. The summed E-state index contributed by atoms with van der Waals surface area (Å²) in [5.74, 6) is -1.05. The fourth-order valence-electron chi connectivity index (χ4n) is 3.45. The summed E-state index contributed by atoms with van der Waals surface area (Å²) in [5, 5.41) is 12.1. The van der Waals surface area contributed by atoms with Crippen molar-refractivity contribution >= 4 is 11.9 Å². The molecule has 0 saturated carbocycles. The number of aromatic carboxylic acids is 1. The van der Waals surface area contributed by atoms with Gasteiger partial charge in [0.25, 0.3) is 0 Å². The van der Waals surface area contributed by atoms with E-state index in [1.807, 2.05) is 19.1 Å². The van der Waals surface area contributed by atoms with Gasteiger partial charge in [-0.15, -0.1) is 0 Å². The van der Waals surface area contributed by atoms with Crippen molar-refractivity contribution in [2.24, 2.45) is 5.92 Å². The Kier molecular flexibility index (Phi) is 5.17. The highest BCUT2D eigenvalue weighted by molar-refractivity contribution is 5.87. The zero-order chi connectivity index (χ0) is 17.8. The minimum atomic E-state index is -0.937. The van der Waals surface area contributed by atoms with Crippen LogP contribution in [0.25, 0.3) is 0 Å². The lowest BCUT2D eigenvalue weighted by atomic mass is 9.87. The highest BCUT2D eigenvalue weighted by atomic mass is 16.4. The Bertz CT molecular complexity index is 767. The van der Waals surface area contributed by atoms with Crippen molar-refractivity contribution in [3.8, 4) is 0 Å². The summed E-state index contributed by atoms with van der Waals surface area (Å²) in [5.41, 5.74) is 3.80. The van der Waals surface area contributed by atoms with Crippen molar-refractivity contribution in [2.45, 2.75) is 38.6 Å². The van der Waals surface area contributed by atoms with E-state index in [-0.39, 0.29) is 23.4 Å². The Hall–Kier alpha value is -2.62. The number of carbonyl (C=O) groups is 2. The summed E-state index contributed by atoms with van der Waals surface area (Å²) in [6, 6.07) is 15.1. The van der Waals surface area contributed by atoms with Crippen molar-refractivity contribution < 1.29 is 14.7 Å². The molecule has 0 radical (unpaired) electrons. The Morgan fingerprint density at radius 1 is 1.16 bits per heavy atom. The van der Waals surface area contributed by atoms with E-state index in [9.17, 15) is 9.59 Å². The minimum absolute atomic E-state index is 0.0454. The standard InChI is InChI=1S/C21H23NO3/c1-14(13-15-9-11-17(12-10-15)21(24)25)20(23)22-19-8-4-6-16-5-2-3-7-18(16)19/h2-3,5,7,9-12,14,19H,4,6,8,13H2,1H3,(H,22,23)(H,24,25)/t14-,19+/m0/s1. The first-order chi connectivity index (χ1) is 12.0. The van der Waals surface area contributed by atoms with Crippen LogP contribution in [0.1, 0.15) is 52.9 Å². The molecule has 4 nitrogen and oxygen atoms in total. The molecular formula is C21H23NO3. The molecule has 2 aromatic carbocycles. The van der Waals surface area contributed by atoms with Gasteiger partial charge in [-0.25, -0.2) is 4.79 Å². The van der Waals surface area contributed by atoms with Gasteiger partial charge < -0.3 is 10.4 Å². The van der Waals surface area contributed by atoms with Gasteiger partial charge in [0.1, 0.15) is 0 Å². The van der Waals surface area contributed by atoms with Crippen LogP contribution in [0.5, 0.6) is 0 Å². The third-order valence-electron chi connectivity index (χ3n) is 4.88. The summed E-state index contributed by atoms with van der Waals surface area (Å²) >= 11 is 0. The number of amides is 1. The maximum Gasteiger partial charge on any atom is 0.335 e. The molecule has 0 aromatic heterocycles. The van der Waals surface area contributed by atoms with E-state index in [4.69, 9.17) is 5.11 Å². The second kappa shape index (κ2) is 7.51. The maximum atomic E-state index is 12.6. The molecular weight excluding hydrogens is 314 g/mol. The van der Waals surface area contributed by atoms with Gasteiger partial charge in [-0.3, -0.25) is 4.79 Å². The van der Waals surface area contributed by atoms with Gasteiger partial charge in [-0.2, -0.15) is 0 Å². The summed E-state index contributed by atoms with van der Waals surface area (Å²) < 4.78 is 0. The smallest absolute Gasteiger partial charge is 0.335 e. The van der Waals surface area contributed by atoms with E-state index in [1.165, 1.54) is 11.1 Å². The number of fused-ring (bicyclic) bond motifs is 1. The van der Waals surface area contributed by atoms with Gasteiger partial charge >= 0.3 is 5.97 Å². The van der Waals surface area contributed by atoms with E-state index < -0.39 is 5.97 Å². The van der Waals surface area contributed by atoms with Crippen LogP contribution in [0.15, 0.2) is 48.5 Å². The Morgan fingerprint density at radius 3 is 2.60 bits per heavy atom. The molecule has 2 atom stereocenters. The number of hydrogen-bond donors (Lipinski definition) is 2. The molecule has 0 aliphatic heterocycles. The molecule has 1 aliphatic carbocycles. The number of aryl methyl sites for hydroxylation is 1. The third kappa shape index (κ3) is 4.08. The van der Waals surface area contributed by atoms with Crippen LogP contribution in [0.2, 0.25) is 0 Å². The van der Waals surface area contributed by atoms with Crippen molar-refractivity contribution in [3.63, 3.8) is 0 Å². The van der Waals surface area contributed by atoms with Gasteiger partial charge in [0, 0.05) is 5.92 Å². The van der Waals surface area contributed by atoms with Crippen LogP contribution >= 0.6 is 0 Å². The molecule has 0 saturated heterocycles. The summed E-state index contributed by atoms with van der Waals surface area (Å²) in [7, 11) is 0. The van der Waals surface area contributed by atoms with Crippen LogP contribution in [-0.2, 0) is 17.6 Å². The largest absolute Gasteiger partial charge is 0.478 e. The average molecular weight is 337 g/mol. The lowest BCUT2D eigenvalue weighted by Crippen LogP contribution is -2.35. The predicted molar refractivity (Wildman–Crippen MR) is 96.5 cm³/mol. The molecule has 3 rings (SSSR count). The number of hydrogen-bond acceptors (Lipinski definition) is 2. The monoisotopic (exact) mass is 337 g/mol. The van der Waals surface area contributed by atoms with E-state index in [1.54, 1.807) is 24.3 Å². The van der Waals surface area contributed by atoms with Crippen LogP contribution in [0.3, 0.4) is 0 Å². The van der Waals surface area contributed by atoms with Crippen molar-refractivity contribution in [1.29, 1.82) is 0 Å². The molecule has 25 heavy (non-hydrogen) atoms. The maximum absolute atomic E-state index is 12.6. The highest BCUT2D eigenvalue weighted by Crippen LogP contribution is 2.29. The van der Waals surface area contributed by atoms with Gasteiger partial charge in [0.2, 0.25) is 5.91 Å². The van der Waals surface area contributed by atoms with Crippen LogP contribution in [-0.4, -0.2) is 17.0 Å². The molecule has 1 amide bonds. The van der Waals surface area contributed by atoms with E-state index in [2.05, 4.69) is 17.4 Å².